The van der Waals surface area contributed by atoms with Gasteiger partial charge in [-0.2, -0.15) is 5.10 Å². The first-order valence-corrected chi connectivity index (χ1v) is 4.00. The van der Waals surface area contributed by atoms with E-state index in [4.69, 9.17) is 5.73 Å². The van der Waals surface area contributed by atoms with Crippen LogP contribution in [-0.4, -0.2) is 10.2 Å². The van der Waals surface area contributed by atoms with E-state index in [1.807, 2.05) is 0 Å². The van der Waals surface area contributed by atoms with E-state index >= 15 is 0 Å². The van der Waals surface area contributed by atoms with E-state index < -0.39 is 0 Å². The minimum Gasteiger partial charge on any atom is -0.321 e. The molecule has 10 heavy (non-hydrogen) atoms. The third kappa shape index (κ3) is 0.793. The van der Waals surface area contributed by atoms with Crippen LogP contribution in [0.3, 0.4) is 0 Å². The Morgan fingerprint density at radius 2 is 2.40 bits per heavy atom. The summed E-state index contributed by atoms with van der Waals surface area (Å²) in [6.07, 6.45) is 3.94. The molecule has 0 amide bonds. The van der Waals surface area contributed by atoms with E-state index in [1.54, 1.807) is 6.20 Å². The fourth-order valence-corrected chi connectivity index (χ4v) is 1.62. The summed E-state index contributed by atoms with van der Waals surface area (Å²) in [7, 11) is 0. The molecule has 3 N–H and O–H groups in total. The molecule has 1 aliphatic carbocycles. The van der Waals surface area contributed by atoms with Crippen molar-refractivity contribution in [3.05, 3.63) is 16.4 Å². The highest BCUT2D eigenvalue weighted by Gasteiger charge is 2.42. The second-order valence-electron chi connectivity index (χ2n) is 2.75. The molecule has 3 nitrogen and oxygen atoms in total. The molecule has 1 aromatic rings. The topological polar surface area (TPSA) is 54.7 Å². The van der Waals surface area contributed by atoms with Crippen LogP contribution in [0, 0.1) is 0 Å². The first kappa shape index (κ1) is 6.37. The minimum atomic E-state index is -0.0775. The fourth-order valence-electron chi connectivity index (χ4n) is 1.02. The van der Waals surface area contributed by atoms with Gasteiger partial charge in [0.15, 0.2) is 0 Å². The van der Waals surface area contributed by atoms with Crippen LogP contribution >= 0.6 is 15.9 Å². The van der Waals surface area contributed by atoms with Gasteiger partial charge < -0.3 is 5.73 Å². The molecule has 0 aliphatic heterocycles. The highest BCUT2D eigenvalue weighted by Crippen LogP contribution is 2.44. The normalized spacial score (nSPS) is 21.0. The Bertz CT molecular complexity index is 251. The molecule has 1 aromatic heterocycles. The number of halogens is 1. The van der Waals surface area contributed by atoms with Crippen molar-refractivity contribution < 1.29 is 0 Å². The molecule has 4 heteroatoms. The molecule has 0 unspecified atom stereocenters. The van der Waals surface area contributed by atoms with E-state index in [-0.39, 0.29) is 5.54 Å². The molecular formula is C6H8BrN3. The van der Waals surface area contributed by atoms with Gasteiger partial charge >= 0.3 is 0 Å². The van der Waals surface area contributed by atoms with Gasteiger partial charge in [0.05, 0.1) is 6.20 Å². The zero-order chi connectivity index (χ0) is 7.19. The van der Waals surface area contributed by atoms with Crippen molar-refractivity contribution >= 4 is 15.9 Å². The Morgan fingerprint density at radius 3 is 2.80 bits per heavy atom. The molecule has 0 saturated heterocycles. The summed E-state index contributed by atoms with van der Waals surface area (Å²) in [5.74, 6) is 0. The highest BCUT2D eigenvalue weighted by atomic mass is 79.9. The molecule has 1 fully saturated rings. The van der Waals surface area contributed by atoms with Crippen LogP contribution in [0.15, 0.2) is 10.8 Å². The van der Waals surface area contributed by atoms with E-state index in [1.165, 1.54) is 0 Å². The molecule has 0 atom stereocenters. The van der Waals surface area contributed by atoms with Crippen LogP contribution in [0.1, 0.15) is 18.4 Å². The summed E-state index contributed by atoms with van der Waals surface area (Å²) in [6, 6.07) is 0. The third-order valence-corrected chi connectivity index (χ3v) is 2.52. The average molecular weight is 202 g/mol. The highest BCUT2D eigenvalue weighted by molar-refractivity contribution is 9.10. The van der Waals surface area contributed by atoms with Gasteiger partial charge in [0.2, 0.25) is 0 Å². The second kappa shape index (κ2) is 1.83. The van der Waals surface area contributed by atoms with Gasteiger partial charge in [0.1, 0.15) is 4.60 Å². The molecule has 1 saturated carbocycles. The largest absolute Gasteiger partial charge is 0.321 e. The first-order valence-electron chi connectivity index (χ1n) is 3.21. The van der Waals surface area contributed by atoms with Crippen molar-refractivity contribution in [3.8, 4) is 0 Å². The van der Waals surface area contributed by atoms with Gasteiger partial charge in [-0.3, -0.25) is 5.10 Å². The third-order valence-electron chi connectivity index (χ3n) is 1.92. The molecule has 0 radical (unpaired) electrons. The summed E-state index contributed by atoms with van der Waals surface area (Å²) in [6.45, 7) is 0. The molecule has 1 heterocycles. The number of rotatable bonds is 1. The number of nitrogens with one attached hydrogen (secondary N) is 1. The van der Waals surface area contributed by atoms with Crippen LogP contribution in [0.2, 0.25) is 0 Å². The summed E-state index contributed by atoms with van der Waals surface area (Å²) in [5, 5.41) is 6.68. The van der Waals surface area contributed by atoms with Crippen molar-refractivity contribution in [2.45, 2.75) is 18.4 Å². The SMILES string of the molecule is NC1(c2cn[nH]c2Br)CC1. The summed E-state index contributed by atoms with van der Waals surface area (Å²) in [5.41, 5.74) is 6.95. The molecule has 0 aromatic carbocycles. The van der Waals surface area contributed by atoms with Gasteiger partial charge in [-0.05, 0) is 28.8 Å². The lowest BCUT2D eigenvalue weighted by atomic mass is 10.1. The van der Waals surface area contributed by atoms with Crippen LogP contribution in [0.25, 0.3) is 0 Å². The number of aromatic amines is 1. The number of aromatic nitrogens is 2. The zero-order valence-corrected chi connectivity index (χ0v) is 6.98. The number of H-pyrrole nitrogens is 1. The van der Waals surface area contributed by atoms with E-state index in [0.29, 0.717) is 0 Å². The minimum absolute atomic E-state index is 0.0775. The molecule has 54 valence electrons. The maximum absolute atomic E-state index is 5.92. The first-order chi connectivity index (χ1) is 4.72. The Balaban J connectivity index is 2.42. The zero-order valence-electron chi connectivity index (χ0n) is 5.39. The predicted octanol–water partition coefficient (Wildman–Crippen LogP) is 1.12. The quantitative estimate of drug-likeness (QED) is 0.716. The molecule has 2 rings (SSSR count). The van der Waals surface area contributed by atoms with E-state index in [2.05, 4.69) is 26.1 Å². The summed E-state index contributed by atoms with van der Waals surface area (Å²) < 4.78 is 0.924. The Morgan fingerprint density at radius 1 is 1.70 bits per heavy atom. The molecule has 0 spiro atoms. The number of hydrogen-bond acceptors (Lipinski definition) is 2. The van der Waals surface area contributed by atoms with Crippen LogP contribution in [0.5, 0.6) is 0 Å². The van der Waals surface area contributed by atoms with Gasteiger partial charge in [0, 0.05) is 11.1 Å². The maximum Gasteiger partial charge on any atom is 0.105 e. The Kier molecular flexibility index (Phi) is 1.16. The Hall–Kier alpha value is -0.350. The monoisotopic (exact) mass is 201 g/mol. The molecule has 1 aliphatic rings. The standard InChI is InChI=1S/C6H8BrN3/c7-5-4(3-9-10-5)6(8)1-2-6/h3H,1-2,8H2,(H,9,10). The van der Waals surface area contributed by atoms with Crippen molar-refractivity contribution in [2.75, 3.05) is 0 Å². The van der Waals surface area contributed by atoms with Crippen molar-refractivity contribution in [3.63, 3.8) is 0 Å². The van der Waals surface area contributed by atoms with Crippen LogP contribution < -0.4 is 5.73 Å². The van der Waals surface area contributed by atoms with Crippen molar-refractivity contribution in [1.82, 2.24) is 10.2 Å². The number of nitrogens with zero attached hydrogens (tertiary/aromatic N) is 1. The lowest BCUT2D eigenvalue weighted by molar-refractivity contribution is 0.736. The van der Waals surface area contributed by atoms with Gasteiger partial charge in [-0.25, -0.2) is 0 Å². The van der Waals surface area contributed by atoms with Gasteiger partial charge in [-0.15, -0.1) is 0 Å². The molecule has 0 bridgehead atoms. The predicted molar refractivity (Wildman–Crippen MR) is 41.4 cm³/mol. The number of nitrogens with two attached hydrogens (primary N) is 1. The fraction of sp³-hybridized carbons (Fsp3) is 0.500. The number of hydrogen-bond donors (Lipinski definition) is 2. The van der Waals surface area contributed by atoms with Gasteiger partial charge in [0.25, 0.3) is 0 Å². The van der Waals surface area contributed by atoms with Crippen LogP contribution in [-0.2, 0) is 5.54 Å². The maximum atomic E-state index is 5.92. The van der Waals surface area contributed by atoms with E-state index in [9.17, 15) is 0 Å². The summed E-state index contributed by atoms with van der Waals surface area (Å²) >= 11 is 3.34. The summed E-state index contributed by atoms with van der Waals surface area (Å²) in [4.78, 5) is 0. The average Bonchev–Trinajstić information content (AvgIpc) is 2.44. The van der Waals surface area contributed by atoms with Crippen LogP contribution in [0.4, 0.5) is 0 Å². The van der Waals surface area contributed by atoms with Crippen molar-refractivity contribution in [1.29, 1.82) is 0 Å². The van der Waals surface area contributed by atoms with Crippen molar-refractivity contribution in [2.24, 2.45) is 5.73 Å². The lowest BCUT2D eigenvalue weighted by Crippen LogP contribution is -2.18. The second-order valence-corrected chi connectivity index (χ2v) is 3.55. The van der Waals surface area contributed by atoms with E-state index in [0.717, 1.165) is 23.0 Å². The smallest absolute Gasteiger partial charge is 0.105 e. The Labute approximate surface area is 67.1 Å². The molecular weight excluding hydrogens is 194 g/mol. The van der Waals surface area contributed by atoms with Gasteiger partial charge in [-0.1, -0.05) is 0 Å². The lowest BCUT2D eigenvalue weighted by Gasteiger charge is -2.03.